The highest BCUT2D eigenvalue weighted by Gasteiger charge is 2.29. The van der Waals surface area contributed by atoms with Crippen LogP contribution in [0.15, 0.2) is 84.9 Å². The summed E-state index contributed by atoms with van der Waals surface area (Å²) >= 11 is 0. The molecular formula is C42H56O5P2. The third kappa shape index (κ3) is 10.9. The molecule has 0 aromatic heterocycles. The Hall–Kier alpha value is -3.26. The molecule has 49 heavy (non-hydrogen) atoms. The Bertz CT molecular complexity index is 1670. The second kappa shape index (κ2) is 16.6. The van der Waals surface area contributed by atoms with Crippen LogP contribution in [0.2, 0.25) is 0 Å². The molecule has 0 aliphatic carbocycles. The standard InChI is InChI=1S/C42H56O5P2/c1-12-24-42(10,45-34-19-15-17-31(27-34)41(7,8)9)49-47-38-23-21-32(43-11)28-36(38)35-25-29(3)20-22-37(35)46-48-39(13-2)44-33-18-14-16-30(26-33)40(4,5)6/h14-23,25-28,39,48-49H,12-13,24H2,1-11H3. The quantitative estimate of drug-likeness (QED) is 0.115. The van der Waals surface area contributed by atoms with Crippen LogP contribution < -0.4 is 23.3 Å². The lowest BCUT2D eigenvalue weighted by Crippen LogP contribution is -2.28. The highest BCUT2D eigenvalue weighted by atomic mass is 31.1. The molecule has 0 N–H and O–H groups in total. The van der Waals surface area contributed by atoms with Crippen LogP contribution >= 0.6 is 17.6 Å². The van der Waals surface area contributed by atoms with Crippen LogP contribution in [-0.4, -0.2) is 18.3 Å². The summed E-state index contributed by atoms with van der Waals surface area (Å²) < 4.78 is 32.1. The van der Waals surface area contributed by atoms with E-state index in [0.717, 1.165) is 64.7 Å². The van der Waals surface area contributed by atoms with Gasteiger partial charge in [-0.2, -0.15) is 0 Å². The number of aryl methyl sites for hydroxylation is 1. The van der Waals surface area contributed by atoms with Gasteiger partial charge in [-0.05, 0) is 103 Å². The Morgan fingerprint density at radius 1 is 0.653 bits per heavy atom. The van der Waals surface area contributed by atoms with Crippen molar-refractivity contribution < 1.29 is 23.3 Å². The van der Waals surface area contributed by atoms with Crippen LogP contribution in [0.5, 0.6) is 28.7 Å². The van der Waals surface area contributed by atoms with Gasteiger partial charge in [-0.15, -0.1) is 0 Å². The second-order valence-corrected chi connectivity index (χ2v) is 17.5. The first kappa shape index (κ1) is 38.5. The van der Waals surface area contributed by atoms with Gasteiger partial charge in [0.25, 0.3) is 0 Å². The average molecular weight is 703 g/mol. The van der Waals surface area contributed by atoms with Crippen molar-refractivity contribution in [1.29, 1.82) is 0 Å². The van der Waals surface area contributed by atoms with E-state index in [2.05, 4.69) is 118 Å². The van der Waals surface area contributed by atoms with E-state index in [9.17, 15) is 0 Å². The van der Waals surface area contributed by atoms with Gasteiger partial charge in [-0.1, -0.05) is 97.7 Å². The molecule has 4 unspecified atom stereocenters. The van der Waals surface area contributed by atoms with Crippen LogP contribution in [0.1, 0.15) is 98.3 Å². The van der Waals surface area contributed by atoms with Crippen molar-refractivity contribution in [2.75, 3.05) is 7.11 Å². The van der Waals surface area contributed by atoms with E-state index in [1.807, 2.05) is 36.4 Å². The molecule has 0 heterocycles. The van der Waals surface area contributed by atoms with E-state index in [4.69, 9.17) is 23.3 Å². The van der Waals surface area contributed by atoms with Crippen LogP contribution in [0.25, 0.3) is 11.1 Å². The van der Waals surface area contributed by atoms with Crippen molar-refractivity contribution in [2.24, 2.45) is 0 Å². The van der Waals surface area contributed by atoms with Crippen LogP contribution in [-0.2, 0) is 10.8 Å². The van der Waals surface area contributed by atoms with Gasteiger partial charge in [-0.25, -0.2) is 0 Å². The topological polar surface area (TPSA) is 46.2 Å². The Kier molecular flexibility index (Phi) is 13.1. The molecule has 0 radical (unpaired) electrons. The van der Waals surface area contributed by atoms with E-state index >= 15 is 0 Å². The van der Waals surface area contributed by atoms with Gasteiger partial charge >= 0.3 is 0 Å². The summed E-state index contributed by atoms with van der Waals surface area (Å²) in [5.41, 5.74) is 5.56. The lowest BCUT2D eigenvalue weighted by molar-refractivity contribution is 0.163. The highest BCUT2D eigenvalue weighted by Crippen LogP contribution is 2.47. The summed E-state index contributed by atoms with van der Waals surface area (Å²) in [7, 11) is 1.84. The molecule has 0 aliphatic heterocycles. The van der Waals surface area contributed by atoms with Crippen LogP contribution in [0, 0.1) is 6.92 Å². The van der Waals surface area contributed by atoms with Crippen LogP contribution in [0.3, 0.4) is 0 Å². The lowest BCUT2D eigenvalue weighted by Gasteiger charge is -2.31. The fourth-order valence-corrected chi connectivity index (χ4v) is 7.25. The minimum absolute atomic E-state index is 0.0338. The molecule has 0 bridgehead atoms. The summed E-state index contributed by atoms with van der Waals surface area (Å²) in [6.07, 6.45) is 2.65. The van der Waals surface area contributed by atoms with Gasteiger partial charge in [0.15, 0.2) is 11.2 Å². The molecule has 4 rings (SSSR count). The summed E-state index contributed by atoms with van der Waals surface area (Å²) in [5, 5.41) is -0.508. The van der Waals surface area contributed by atoms with E-state index in [1.54, 1.807) is 7.11 Å². The van der Waals surface area contributed by atoms with E-state index in [1.165, 1.54) is 11.1 Å². The first-order valence-corrected chi connectivity index (χ1v) is 19.3. The Balaban J connectivity index is 1.59. The number of ether oxygens (including phenoxy) is 3. The summed E-state index contributed by atoms with van der Waals surface area (Å²) in [6.45, 7) is 21.9. The predicted octanol–water partition coefficient (Wildman–Crippen LogP) is 12.6. The predicted molar refractivity (Wildman–Crippen MR) is 210 cm³/mol. The fourth-order valence-electron chi connectivity index (χ4n) is 5.45. The maximum Gasteiger partial charge on any atom is 0.157 e. The molecular weight excluding hydrogens is 646 g/mol. The summed E-state index contributed by atoms with van der Waals surface area (Å²) in [4.78, 5) is 0. The van der Waals surface area contributed by atoms with Gasteiger partial charge in [0, 0.05) is 11.1 Å². The lowest BCUT2D eigenvalue weighted by atomic mass is 9.87. The molecule has 4 aromatic carbocycles. The molecule has 0 saturated carbocycles. The van der Waals surface area contributed by atoms with E-state index in [-0.39, 0.29) is 34.3 Å². The van der Waals surface area contributed by atoms with Crippen molar-refractivity contribution in [3.63, 3.8) is 0 Å². The molecule has 0 spiro atoms. The number of benzene rings is 4. The van der Waals surface area contributed by atoms with Gasteiger partial charge in [0.1, 0.15) is 46.4 Å². The number of hydrogen-bond donors (Lipinski definition) is 0. The Morgan fingerprint density at radius 2 is 1.24 bits per heavy atom. The van der Waals surface area contributed by atoms with Crippen molar-refractivity contribution in [3.8, 4) is 39.9 Å². The second-order valence-electron chi connectivity index (χ2n) is 14.9. The normalized spacial score (nSPS) is 14.2. The maximum absolute atomic E-state index is 6.71. The van der Waals surface area contributed by atoms with E-state index < -0.39 is 5.34 Å². The monoisotopic (exact) mass is 702 g/mol. The maximum atomic E-state index is 6.71. The first-order valence-electron chi connectivity index (χ1n) is 17.4. The first-order chi connectivity index (χ1) is 23.1. The van der Waals surface area contributed by atoms with Gasteiger partial charge in [0.2, 0.25) is 0 Å². The number of rotatable bonds is 15. The minimum Gasteiger partial charge on any atom is -0.497 e. The Morgan fingerprint density at radius 3 is 1.86 bits per heavy atom. The summed E-state index contributed by atoms with van der Waals surface area (Å²) in [6, 6.07) is 29.1. The third-order valence-electron chi connectivity index (χ3n) is 8.41. The highest BCUT2D eigenvalue weighted by molar-refractivity contribution is 7.34. The molecule has 5 nitrogen and oxygen atoms in total. The molecule has 264 valence electrons. The zero-order valence-electron chi connectivity index (χ0n) is 31.3. The smallest absolute Gasteiger partial charge is 0.157 e. The van der Waals surface area contributed by atoms with Crippen LogP contribution in [0.4, 0.5) is 0 Å². The average Bonchev–Trinajstić information content (AvgIpc) is 3.05. The molecule has 4 aromatic rings. The van der Waals surface area contributed by atoms with Gasteiger partial charge < -0.3 is 23.3 Å². The van der Waals surface area contributed by atoms with Crippen molar-refractivity contribution in [1.82, 2.24) is 0 Å². The molecule has 0 amide bonds. The van der Waals surface area contributed by atoms with Crippen molar-refractivity contribution >= 4 is 17.6 Å². The SMILES string of the molecule is CCCC(C)(Oc1cccc(C(C)(C)C)c1)POc1ccc(OC)cc1-c1cc(C)ccc1OPC(CC)Oc1cccc(C(C)(C)C)c1. The zero-order chi connectivity index (χ0) is 35.8. The molecule has 7 heteroatoms. The summed E-state index contributed by atoms with van der Waals surface area (Å²) in [5.74, 6) is 3.93. The molecule has 4 atom stereocenters. The third-order valence-corrected chi connectivity index (χ3v) is 10.6. The molecule has 0 fully saturated rings. The minimum atomic E-state index is -0.508. The van der Waals surface area contributed by atoms with Crippen molar-refractivity contribution in [3.05, 3.63) is 102 Å². The van der Waals surface area contributed by atoms with Crippen molar-refractivity contribution in [2.45, 2.75) is 111 Å². The largest absolute Gasteiger partial charge is 0.497 e. The zero-order valence-corrected chi connectivity index (χ0v) is 33.3. The van der Waals surface area contributed by atoms with Gasteiger partial charge in [0.05, 0.1) is 7.11 Å². The fraction of sp³-hybridized carbons (Fsp3) is 0.429. The van der Waals surface area contributed by atoms with Gasteiger partial charge in [-0.3, -0.25) is 0 Å². The molecule has 0 aliphatic rings. The number of hydrogen-bond acceptors (Lipinski definition) is 5. The Labute approximate surface area is 299 Å². The number of methoxy groups -OCH3 is 1. The molecule has 0 saturated heterocycles. The van der Waals surface area contributed by atoms with E-state index in [0.29, 0.717) is 0 Å².